The predicted molar refractivity (Wildman–Crippen MR) is 44.3 cm³/mol. The van der Waals surface area contributed by atoms with Gasteiger partial charge in [0.15, 0.2) is 0 Å². The number of hydrogen-bond donors (Lipinski definition) is 0. The highest BCUT2D eigenvalue weighted by atomic mass is 32.2. The van der Waals surface area contributed by atoms with E-state index in [0.29, 0.717) is 0 Å². The molecule has 0 saturated carbocycles. The summed E-state index contributed by atoms with van der Waals surface area (Å²) in [5.41, 5.74) is 1.51. The zero-order valence-electron chi connectivity index (χ0n) is 5.76. The third-order valence-electron chi connectivity index (χ3n) is 1.76. The van der Waals surface area contributed by atoms with E-state index in [4.69, 9.17) is 0 Å². The predicted octanol–water partition coefficient (Wildman–Crippen LogP) is 2.53. The summed E-state index contributed by atoms with van der Waals surface area (Å²) in [4.78, 5) is 1.44. The number of benzene rings is 1. The molecule has 51 valence electrons. The molecule has 1 heterocycles. The van der Waals surface area contributed by atoms with E-state index in [0.717, 1.165) is 0 Å². The van der Waals surface area contributed by atoms with E-state index in [-0.39, 0.29) is 0 Å². The van der Waals surface area contributed by atoms with Gasteiger partial charge in [-0.2, -0.15) is 0 Å². The molecule has 1 aliphatic heterocycles. The molecule has 0 fully saturated rings. The summed E-state index contributed by atoms with van der Waals surface area (Å²) in [7, 11) is 0. The van der Waals surface area contributed by atoms with Gasteiger partial charge in [0.25, 0.3) is 0 Å². The van der Waals surface area contributed by atoms with Gasteiger partial charge < -0.3 is 0 Å². The van der Waals surface area contributed by atoms with Gasteiger partial charge in [-0.05, 0) is 36.3 Å². The van der Waals surface area contributed by atoms with Crippen molar-refractivity contribution in [2.24, 2.45) is 0 Å². The fourth-order valence-electron chi connectivity index (χ4n) is 1.23. The highest BCUT2D eigenvalue weighted by Gasteiger charge is 2.06. The average Bonchev–Trinajstić information content (AvgIpc) is 2.05. The molecule has 0 aromatic heterocycles. The van der Waals surface area contributed by atoms with E-state index in [9.17, 15) is 0 Å². The van der Waals surface area contributed by atoms with E-state index in [2.05, 4.69) is 18.2 Å². The van der Waals surface area contributed by atoms with Crippen LogP contribution in [0.4, 0.5) is 0 Å². The van der Waals surface area contributed by atoms with Crippen LogP contribution in [0.2, 0.25) is 0 Å². The number of thioether (sulfide) groups is 1. The fourth-order valence-corrected chi connectivity index (χ4v) is 2.25. The maximum atomic E-state index is 3.10. The zero-order chi connectivity index (χ0) is 6.81. The van der Waals surface area contributed by atoms with Crippen molar-refractivity contribution < 1.29 is 0 Å². The first-order valence-electron chi connectivity index (χ1n) is 3.58. The first-order chi connectivity index (χ1) is 4.97. The molecule has 10 heavy (non-hydrogen) atoms. The van der Waals surface area contributed by atoms with Gasteiger partial charge in [0, 0.05) is 4.90 Å². The Kier molecular flexibility index (Phi) is 1.68. The van der Waals surface area contributed by atoms with E-state index in [1.54, 1.807) is 0 Å². The lowest BCUT2D eigenvalue weighted by Crippen LogP contribution is -1.96. The Balaban J connectivity index is 2.41. The molecule has 0 aliphatic carbocycles. The minimum absolute atomic E-state index is 1.26. The summed E-state index contributed by atoms with van der Waals surface area (Å²) >= 11 is 1.96. The van der Waals surface area contributed by atoms with Crippen LogP contribution in [0.3, 0.4) is 0 Å². The number of rotatable bonds is 0. The quantitative estimate of drug-likeness (QED) is 0.546. The smallest absolute Gasteiger partial charge is 0.0110 e. The monoisotopic (exact) mass is 149 g/mol. The summed E-state index contributed by atoms with van der Waals surface area (Å²) in [6, 6.07) is 9.38. The number of hydrogen-bond acceptors (Lipinski definition) is 1. The second kappa shape index (κ2) is 2.67. The van der Waals surface area contributed by atoms with Crippen LogP contribution in [0.15, 0.2) is 23.1 Å². The second-order valence-corrected chi connectivity index (χ2v) is 3.62. The van der Waals surface area contributed by atoms with Crippen LogP contribution in [0, 0.1) is 6.07 Å². The standard InChI is InChI=1S/C9H9S/c1-2-6-9-8(4-1)5-3-7-10-9/h1,4,6H,3,5,7H2. The largest absolute Gasteiger partial charge is 0.126 e. The van der Waals surface area contributed by atoms with Crippen molar-refractivity contribution in [2.75, 3.05) is 5.75 Å². The van der Waals surface area contributed by atoms with Crippen LogP contribution in [0.5, 0.6) is 0 Å². The van der Waals surface area contributed by atoms with Crippen LogP contribution in [0.1, 0.15) is 12.0 Å². The first kappa shape index (κ1) is 6.29. The summed E-state index contributed by atoms with van der Waals surface area (Å²) < 4.78 is 0. The molecule has 0 saturated heterocycles. The Hall–Kier alpha value is -0.430. The van der Waals surface area contributed by atoms with Gasteiger partial charge in [-0.15, -0.1) is 11.8 Å². The van der Waals surface area contributed by atoms with E-state index >= 15 is 0 Å². The van der Waals surface area contributed by atoms with Crippen molar-refractivity contribution in [2.45, 2.75) is 17.7 Å². The van der Waals surface area contributed by atoms with Crippen molar-refractivity contribution in [3.05, 3.63) is 29.8 Å². The van der Waals surface area contributed by atoms with Crippen LogP contribution in [-0.2, 0) is 6.42 Å². The Morgan fingerprint density at radius 1 is 1.50 bits per heavy atom. The van der Waals surface area contributed by atoms with Crippen molar-refractivity contribution in [1.82, 2.24) is 0 Å². The molecule has 0 nitrogen and oxygen atoms in total. The molecule has 2 rings (SSSR count). The van der Waals surface area contributed by atoms with Gasteiger partial charge in [0.05, 0.1) is 0 Å². The molecule has 0 atom stereocenters. The lowest BCUT2D eigenvalue weighted by Gasteiger charge is -2.13. The lowest BCUT2D eigenvalue weighted by atomic mass is 10.1. The molecule has 1 aromatic rings. The summed E-state index contributed by atoms with van der Waals surface area (Å²) in [6.45, 7) is 0. The van der Waals surface area contributed by atoms with Gasteiger partial charge in [-0.3, -0.25) is 0 Å². The third-order valence-corrected chi connectivity index (χ3v) is 2.94. The molecule has 0 N–H and O–H groups in total. The Morgan fingerprint density at radius 3 is 3.40 bits per heavy atom. The zero-order valence-corrected chi connectivity index (χ0v) is 6.58. The Bertz CT molecular complexity index is 205. The van der Waals surface area contributed by atoms with Crippen LogP contribution in [-0.4, -0.2) is 5.75 Å². The molecule has 0 amide bonds. The summed E-state index contributed by atoms with van der Waals surface area (Å²) in [5.74, 6) is 1.28. The molecule has 1 heteroatoms. The van der Waals surface area contributed by atoms with Gasteiger partial charge in [0.1, 0.15) is 0 Å². The van der Waals surface area contributed by atoms with Gasteiger partial charge in [0.2, 0.25) is 0 Å². The molecule has 1 aromatic carbocycles. The van der Waals surface area contributed by atoms with Crippen LogP contribution < -0.4 is 0 Å². The van der Waals surface area contributed by atoms with Gasteiger partial charge >= 0.3 is 0 Å². The van der Waals surface area contributed by atoms with Crippen molar-refractivity contribution >= 4 is 11.8 Å². The molecule has 0 spiro atoms. The van der Waals surface area contributed by atoms with Gasteiger partial charge in [-0.25, -0.2) is 0 Å². The Morgan fingerprint density at radius 2 is 2.50 bits per heavy atom. The van der Waals surface area contributed by atoms with Crippen LogP contribution in [0.25, 0.3) is 0 Å². The molecule has 0 unspecified atom stereocenters. The first-order valence-corrected chi connectivity index (χ1v) is 4.57. The minimum atomic E-state index is 1.26. The molecular formula is C9H9S. The fraction of sp³-hybridized carbons (Fsp3) is 0.333. The molecule has 1 radical (unpaired) electrons. The van der Waals surface area contributed by atoms with E-state index < -0.39 is 0 Å². The van der Waals surface area contributed by atoms with Crippen molar-refractivity contribution in [1.29, 1.82) is 0 Å². The average molecular weight is 149 g/mol. The summed E-state index contributed by atoms with van der Waals surface area (Å²) in [6.07, 6.45) is 2.60. The van der Waals surface area contributed by atoms with Gasteiger partial charge in [-0.1, -0.05) is 12.1 Å². The maximum Gasteiger partial charge on any atom is 0.0110 e. The number of aryl methyl sites for hydroxylation is 1. The Labute approximate surface area is 65.6 Å². The van der Waals surface area contributed by atoms with Crippen molar-refractivity contribution in [3.63, 3.8) is 0 Å². The lowest BCUT2D eigenvalue weighted by molar-refractivity contribution is 0.890. The van der Waals surface area contributed by atoms with E-state index in [1.165, 1.54) is 29.1 Å². The van der Waals surface area contributed by atoms with E-state index in [1.807, 2.05) is 17.8 Å². The second-order valence-electron chi connectivity index (χ2n) is 2.49. The summed E-state index contributed by atoms with van der Waals surface area (Å²) in [5, 5.41) is 0. The highest BCUT2D eigenvalue weighted by Crippen LogP contribution is 2.28. The maximum absolute atomic E-state index is 3.10. The normalized spacial score (nSPS) is 16.4. The number of fused-ring (bicyclic) bond motifs is 1. The molecular weight excluding hydrogens is 140 g/mol. The minimum Gasteiger partial charge on any atom is -0.126 e. The van der Waals surface area contributed by atoms with Crippen LogP contribution >= 0.6 is 11.8 Å². The highest BCUT2D eigenvalue weighted by molar-refractivity contribution is 7.99. The SMILES string of the molecule is [c]1ccc2c(c1)SCCC2. The topological polar surface area (TPSA) is 0 Å². The van der Waals surface area contributed by atoms with Crippen molar-refractivity contribution in [3.8, 4) is 0 Å². The molecule has 1 aliphatic rings. The molecule has 0 bridgehead atoms. The third kappa shape index (κ3) is 1.06.